The van der Waals surface area contributed by atoms with Crippen molar-refractivity contribution in [3.05, 3.63) is 68.8 Å². The number of carboxylic acid groups (broad SMARTS) is 1. The minimum Gasteiger partial charge on any atom is -0.485 e. The van der Waals surface area contributed by atoms with Crippen molar-refractivity contribution in [2.24, 2.45) is 0 Å². The third-order valence-electron chi connectivity index (χ3n) is 4.25. The van der Waals surface area contributed by atoms with Crippen LogP contribution in [-0.4, -0.2) is 45.3 Å². The molecule has 3 aromatic rings. The minimum absolute atomic E-state index is 0.212. The molecule has 11 heteroatoms. The molecule has 0 radical (unpaired) electrons. The van der Waals surface area contributed by atoms with Gasteiger partial charge in [-0.3, -0.25) is 9.69 Å². The highest BCUT2D eigenvalue weighted by atomic mass is 32.1. The third-order valence-corrected chi connectivity index (χ3v) is 4.98. The van der Waals surface area contributed by atoms with Gasteiger partial charge >= 0.3 is 12.1 Å². The monoisotopic (exact) mass is 453 g/mol. The van der Waals surface area contributed by atoms with Crippen molar-refractivity contribution in [1.29, 1.82) is 0 Å². The number of H-pyrrole nitrogens is 1. The smallest absolute Gasteiger partial charge is 0.485 e. The minimum atomic E-state index is -5.08. The predicted molar refractivity (Wildman–Crippen MR) is 108 cm³/mol. The van der Waals surface area contributed by atoms with E-state index in [2.05, 4.69) is 31.7 Å². The van der Waals surface area contributed by atoms with Gasteiger partial charge in [0.25, 0.3) is 5.56 Å². The molecule has 4 rings (SSSR count). The normalized spacial score (nSPS) is 13.9. The third kappa shape index (κ3) is 6.15. The number of fused-ring (bicyclic) bond motifs is 1. The van der Waals surface area contributed by atoms with Gasteiger partial charge in [0.15, 0.2) is 0 Å². The number of hydrogen-bond acceptors (Lipinski definition) is 6. The van der Waals surface area contributed by atoms with Crippen molar-refractivity contribution < 1.29 is 27.8 Å². The number of aromatic nitrogens is 2. The van der Waals surface area contributed by atoms with E-state index in [4.69, 9.17) is 14.6 Å². The van der Waals surface area contributed by atoms with E-state index in [1.54, 1.807) is 11.3 Å². The quantitative estimate of drug-likeness (QED) is 0.630. The van der Waals surface area contributed by atoms with Gasteiger partial charge in [0.1, 0.15) is 18.1 Å². The number of thiophene rings is 1. The Bertz CT molecular complexity index is 1070. The van der Waals surface area contributed by atoms with Gasteiger partial charge < -0.3 is 14.8 Å². The fourth-order valence-electron chi connectivity index (χ4n) is 2.84. The summed E-state index contributed by atoms with van der Waals surface area (Å²) in [5.41, 5.74) is 2.66. The average molecular weight is 453 g/mol. The number of nitrogens with zero attached hydrogens (tertiary/aromatic N) is 2. The van der Waals surface area contributed by atoms with Crippen LogP contribution < -0.4 is 10.3 Å². The molecule has 0 unspecified atom stereocenters. The van der Waals surface area contributed by atoms with Crippen molar-refractivity contribution in [3.8, 4) is 17.1 Å². The van der Waals surface area contributed by atoms with Crippen LogP contribution >= 0.6 is 11.3 Å². The van der Waals surface area contributed by atoms with Crippen LogP contribution in [0.25, 0.3) is 11.4 Å². The molecule has 0 saturated heterocycles. The second-order valence-corrected chi connectivity index (χ2v) is 7.33. The van der Waals surface area contributed by atoms with Gasteiger partial charge in [-0.15, -0.1) is 0 Å². The lowest BCUT2D eigenvalue weighted by Gasteiger charge is -2.18. The van der Waals surface area contributed by atoms with E-state index < -0.39 is 12.1 Å². The number of benzene rings is 1. The Kier molecular flexibility index (Phi) is 7.08. The molecule has 31 heavy (non-hydrogen) atoms. The summed E-state index contributed by atoms with van der Waals surface area (Å²) >= 11 is 1.69. The van der Waals surface area contributed by atoms with E-state index in [-0.39, 0.29) is 5.56 Å². The number of alkyl halides is 3. The molecule has 1 aromatic carbocycles. The van der Waals surface area contributed by atoms with Gasteiger partial charge in [-0.05, 0) is 22.4 Å². The maximum absolute atomic E-state index is 12.4. The first-order valence-electron chi connectivity index (χ1n) is 9.09. The largest absolute Gasteiger partial charge is 0.490 e. The summed E-state index contributed by atoms with van der Waals surface area (Å²) in [5, 5.41) is 11.3. The maximum atomic E-state index is 12.4. The Morgan fingerprint density at radius 2 is 1.97 bits per heavy atom. The van der Waals surface area contributed by atoms with Crippen LogP contribution in [0, 0.1) is 0 Å². The van der Waals surface area contributed by atoms with E-state index in [9.17, 15) is 18.0 Å². The van der Waals surface area contributed by atoms with Crippen molar-refractivity contribution in [2.75, 3.05) is 13.2 Å². The number of aromatic amines is 1. The van der Waals surface area contributed by atoms with E-state index >= 15 is 0 Å². The number of ether oxygens (including phenoxy) is 1. The average Bonchev–Trinajstić information content (AvgIpc) is 3.14. The number of hydrogen-bond donors (Lipinski definition) is 2. The standard InChI is InChI=1S/C18H17N3O2S.C2HF3O2/c22-18-16-15(19-17(20-18)14-4-2-1-3-5-14)11-21(7-8-23-16)10-13-6-9-24-12-13;3-2(4,5)1(6)7/h1-6,9,12H,7-8,10-11H2,(H,19,20,22);(H,6,7). The van der Waals surface area contributed by atoms with E-state index in [0.29, 0.717) is 30.4 Å². The summed E-state index contributed by atoms with van der Waals surface area (Å²) < 4.78 is 37.4. The molecule has 0 aliphatic carbocycles. The lowest BCUT2D eigenvalue weighted by molar-refractivity contribution is -0.192. The molecule has 0 atom stereocenters. The zero-order valence-corrected chi connectivity index (χ0v) is 16.9. The van der Waals surface area contributed by atoms with Gasteiger partial charge in [0, 0.05) is 25.2 Å². The van der Waals surface area contributed by atoms with Crippen LogP contribution in [0.2, 0.25) is 0 Å². The molecule has 0 bridgehead atoms. The van der Waals surface area contributed by atoms with Gasteiger partial charge in [-0.1, -0.05) is 30.3 Å². The SMILES string of the molecule is O=C(O)C(F)(F)F.O=c1[nH]c(-c2ccccc2)nc2c1OCCN(Cc1ccsc1)C2. The first-order valence-corrected chi connectivity index (χ1v) is 10.0. The number of carboxylic acids is 1. The van der Waals surface area contributed by atoms with Crippen LogP contribution in [0.5, 0.6) is 5.75 Å². The lowest BCUT2D eigenvalue weighted by Crippen LogP contribution is -2.25. The van der Waals surface area contributed by atoms with Crippen LogP contribution in [0.4, 0.5) is 13.2 Å². The molecule has 0 amide bonds. The number of nitrogens with one attached hydrogen (secondary N) is 1. The fourth-order valence-corrected chi connectivity index (χ4v) is 3.50. The highest BCUT2D eigenvalue weighted by molar-refractivity contribution is 7.07. The molecule has 2 aromatic heterocycles. The molecule has 0 fully saturated rings. The number of rotatable bonds is 3. The van der Waals surface area contributed by atoms with E-state index in [1.807, 2.05) is 30.3 Å². The predicted octanol–water partition coefficient (Wildman–Crippen LogP) is 3.53. The Morgan fingerprint density at radius 1 is 1.26 bits per heavy atom. The van der Waals surface area contributed by atoms with E-state index in [1.165, 1.54) is 5.56 Å². The Morgan fingerprint density at radius 3 is 2.58 bits per heavy atom. The molecular weight excluding hydrogens is 435 g/mol. The summed E-state index contributed by atoms with van der Waals surface area (Å²) in [6.07, 6.45) is -5.08. The fraction of sp³-hybridized carbons (Fsp3) is 0.250. The van der Waals surface area contributed by atoms with Crippen molar-refractivity contribution >= 4 is 17.3 Å². The Balaban J connectivity index is 0.000000339. The number of halogens is 3. The number of aliphatic carboxylic acids is 1. The molecule has 1 aliphatic heterocycles. The second-order valence-electron chi connectivity index (χ2n) is 6.55. The summed E-state index contributed by atoms with van der Waals surface area (Å²) in [7, 11) is 0. The Hall–Kier alpha value is -3.18. The second kappa shape index (κ2) is 9.75. The summed E-state index contributed by atoms with van der Waals surface area (Å²) in [6.45, 7) is 2.70. The van der Waals surface area contributed by atoms with Gasteiger partial charge in [0.2, 0.25) is 5.75 Å². The van der Waals surface area contributed by atoms with Gasteiger partial charge in [-0.2, -0.15) is 24.5 Å². The highest BCUT2D eigenvalue weighted by Gasteiger charge is 2.38. The number of carbonyl (C=O) groups is 1. The topological polar surface area (TPSA) is 95.5 Å². The molecule has 164 valence electrons. The van der Waals surface area contributed by atoms with Gasteiger partial charge in [0.05, 0.1) is 0 Å². The van der Waals surface area contributed by atoms with Crippen LogP contribution in [0.1, 0.15) is 11.3 Å². The van der Waals surface area contributed by atoms with Crippen molar-refractivity contribution in [1.82, 2.24) is 14.9 Å². The summed E-state index contributed by atoms with van der Waals surface area (Å²) in [5.74, 6) is -1.82. The molecule has 3 heterocycles. The zero-order valence-electron chi connectivity index (χ0n) is 16.1. The lowest BCUT2D eigenvalue weighted by atomic mass is 10.2. The summed E-state index contributed by atoms with van der Waals surface area (Å²) in [6, 6.07) is 11.8. The molecule has 2 N–H and O–H groups in total. The zero-order chi connectivity index (χ0) is 22.4. The van der Waals surface area contributed by atoms with Crippen LogP contribution in [0.15, 0.2) is 52.0 Å². The highest BCUT2D eigenvalue weighted by Crippen LogP contribution is 2.22. The van der Waals surface area contributed by atoms with E-state index in [0.717, 1.165) is 18.7 Å². The molecule has 1 aliphatic rings. The van der Waals surface area contributed by atoms with Gasteiger partial charge in [-0.25, -0.2) is 9.78 Å². The molecule has 7 nitrogen and oxygen atoms in total. The first-order chi connectivity index (χ1) is 14.7. The summed E-state index contributed by atoms with van der Waals surface area (Å²) in [4.78, 5) is 31.0. The molecule has 0 saturated carbocycles. The first kappa shape index (κ1) is 22.5. The van der Waals surface area contributed by atoms with Crippen LogP contribution in [0.3, 0.4) is 0 Å². The Labute approximate surface area is 178 Å². The van der Waals surface area contributed by atoms with Crippen molar-refractivity contribution in [2.45, 2.75) is 19.3 Å². The van der Waals surface area contributed by atoms with Crippen molar-refractivity contribution in [3.63, 3.8) is 0 Å². The molecule has 0 spiro atoms. The maximum Gasteiger partial charge on any atom is 0.490 e. The molecular formula is C20H18F3N3O4S. The van der Waals surface area contributed by atoms with Crippen LogP contribution in [-0.2, 0) is 17.9 Å².